The molecule has 0 aliphatic carbocycles. The molecule has 0 N–H and O–H groups in total. The molecule has 5 aromatic rings. The van der Waals surface area contributed by atoms with E-state index in [0.29, 0.717) is 6.04 Å². The molecule has 6 rings (SSSR count). The summed E-state index contributed by atoms with van der Waals surface area (Å²) in [6.07, 6.45) is 6.22. The van der Waals surface area contributed by atoms with Crippen molar-refractivity contribution in [3.8, 4) is 22.5 Å². The van der Waals surface area contributed by atoms with Crippen molar-refractivity contribution in [1.29, 1.82) is 0 Å². The van der Waals surface area contributed by atoms with E-state index >= 15 is 0 Å². The van der Waals surface area contributed by atoms with Crippen molar-refractivity contribution < 1.29 is 0 Å². The molecule has 0 atom stereocenters. The Morgan fingerprint density at radius 2 is 1.26 bits per heavy atom. The summed E-state index contributed by atoms with van der Waals surface area (Å²) in [5.41, 5.74) is 16.6. The first-order valence-corrected chi connectivity index (χ1v) is 16.8. The van der Waals surface area contributed by atoms with Gasteiger partial charge in [0.05, 0.1) is 11.4 Å². The van der Waals surface area contributed by atoms with Gasteiger partial charge in [0.25, 0.3) is 0 Å². The predicted molar refractivity (Wildman–Crippen MR) is 192 cm³/mol. The summed E-state index contributed by atoms with van der Waals surface area (Å²) in [5, 5.41) is 0. The lowest BCUT2D eigenvalue weighted by Crippen LogP contribution is -2.44. The number of aryl methyl sites for hydroxylation is 4. The molecular formula is C42H48N4. The van der Waals surface area contributed by atoms with Gasteiger partial charge in [-0.05, 0) is 160 Å². The van der Waals surface area contributed by atoms with Gasteiger partial charge in [0.1, 0.15) is 0 Å². The minimum Gasteiger partial charge on any atom is -0.299 e. The molecular weight excluding hydrogens is 560 g/mol. The van der Waals surface area contributed by atoms with Crippen molar-refractivity contribution in [2.45, 2.75) is 80.1 Å². The fourth-order valence-corrected chi connectivity index (χ4v) is 6.96. The standard InChI is InChI=1S/C42H48N4/c1-29-21-38(22-30(2)33(29)5)41-25-36(14-18-43-41)26-45-19-15-40(16-20-45)46(27-35-11-8-7-9-12-35)28-37-13-10-17-44-42(37)39-23-31(3)34(6)32(4)24-39/h7-14,17-18,21-25,40H,15-16,19-20,26-28H2,1-6H3. The smallest absolute Gasteiger partial charge is 0.0747 e. The van der Waals surface area contributed by atoms with E-state index in [1.54, 1.807) is 0 Å². The van der Waals surface area contributed by atoms with Crippen LogP contribution in [-0.2, 0) is 19.6 Å². The summed E-state index contributed by atoms with van der Waals surface area (Å²) in [4.78, 5) is 15.0. The SMILES string of the molecule is Cc1cc(-c2cc(CN3CCC(N(Cc4ccccc4)Cc4cccnc4-c4cc(C)c(C)c(C)c4)CC3)ccn2)cc(C)c1C. The monoisotopic (exact) mass is 608 g/mol. The van der Waals surface area contributed by atoms with Crippen LogP contribution < -0.4 is 0 Å². The number of piperidine rings is 1. The van der Waals surface area contributed by atoms with Gasteiger partial charge in [-0.1, -0.05) is 36.4 Å². The Morgan fingerprint density at radius 3 is 1.91 bits per heavy atom. The second kappa shape index (κ2) is 14.1. The molecule has 0 amide bonds. The molecule has 3 heterocycles. The highest BCUT2D eigenvalue weighted by Gasteiger charge is 2.26. The number of aromatic nitrogens is 2. The molecule has 0 unspecified atom stereocenters. The van der Waals surface area contributed by atoms with Crippen molar-refractivity contribution >= 4 is 0 Å². The Labute approximate surface area is 276 Å². The fraction of sp³-hybridized carbons (Fsp3) is 0.333. The van der Waals surface area contributed by atoms with E-state index in [1.807, 2.05) is 12.4 Å². The van der Waals surface area contributed by atoms with E-state index in [1.165, 1.54) is 61.2 Å². The number of pyridine rings is 2. The van der Waals surface area contributed by atoms with Crippen LogP contribution in [0.1, 0.15) is 62.9 Å². The van der Waals surface area contributed by atoms with Gasteiger partial charge in [-0.25, -0.2) is 0 Å². The second-order valence-electron chi connectivity index (χ2n) is 13.4. The topological polar surface area (TPSA) is 32.3 Å². The molecule has 0 spiro atoms. The molecule has 1 fully saturated rings. The summed E-state index contributed by atoms with van der Waals surface area (Å²) < 4.78 is 0. The van der Waals surface area contributed by atoms with Gasteiger partial charge in [0, 0.05) is 49.2 Å². The maximum Gasteiger partial charge on any atom is 0.0747 e. The Morgan fingerprint density at radius 1 is 0.630 bits per heavy atom. The Bertz CT molecular complexity index is 1750. The summed E-state index contributed by atoms with van der Waals surface area (Å²) in [5.74, 6) is 0. The normalized spacial score (nSPS) is 14.2. The highest BCUT2D eigenvalue weighted by atomic mass is 15.2. The third kappa shape index (κ3) is 7.30. The highest BCUT2D eigenvalue weighted by Crippen LogP contribution is 2.30. The first kappa shape index (κ1) is 31.8. The average Bonchev–Trinajstić information content (AvgIpc) is 3.06. The minimum atomic E-state index is 0.512. The second-order valence-corrected chi connectivity index (χ2v) is 13.4. The van der Waals surface area contributed by atoms with Crippen LogP contribution in [0.4, 0.5) is 0 Å². The van der Waals surface area contributed by atoms with Crippen molar-refractivity contribution in [3.63, 3.8) is 0 Å². The third-order valence-corrected chi connectivity index (χ3v) is 10.2. The molecule has 2 aromatic heterocycles. The number of rotatable bonds is 9. The van der Waals surface area contributed by atoms with Crippen LogP contribution in [-0.4, -0.2) is 38.9 Å². The van der Waals surface area contributed by atoms with E-state index in [0.717, 1.165) is 57.0 Å². The molecule has 3 aromatic carbocycles. The third-order valence-electron chi connectivity index (χ3n) is 10.2. The van der Waals surface area contributed by atoms with Crippen LogP contribution in [0.5, 0.6) is 0 Å². The lowest BCUT2D eigenvalue weighted by atomic mass is 9.96. The van der Waals surface area contributed by atoms with Crippen LogP contribution >= 0.6 is 0 Å². The Hall–Kier alpha value is -4.12. The van der Waals surface area contributed by atoms with Crippen LogP contribution in [0.25, 0.3) is 22.5 Å². The number of hydrogen-bond donors (Lipinski definition) is 0. The molecule has 0 radical (unpaired) electrons. The van der Waals surface area contributed by atoms with Gasteiger partial charge in [-0.15, -0.1) is 0 Å². The van der Waals surface area contributed by atoms with Gasteiger partial charge in [-0.2, -0.15) is 0 Å². The van der Waals surface area contributed by atoms with Gasteiger partial charge in [0.2, 0.25) is 0 Å². The highest BCUT2D eigenvalue weighted by molar-refractivity contribution is 5.66. The van der Waals surface area contributed by atoms with Gasteiger partial charge < -0.3 is 0 Å². The zero-order valence-electron chi connectivity index (χ0n) is 28.5. The van der Waals surface area contributed by atoms with Gasteiger partial charge in [0.15, 0.2) is 0 Å². The van der Waals surface area contributed by atoms with Crippen molar-refractivity contribution in [2.24, 2.45) is 0 Å². The number of benzene rings is 3. The Balaban J connectivity index is 1.18. The fourth-order valence-electron chi connectivity index (χ4n) is 6.96. The quantitative estimate of drug-likeness (QED) is 0.167. The summed E-state index contributed by atoms with van der Waals surface area (Å²) >= 11 is 0. The van der Waals surface area contributed by atoms with E-state index in [9.17, 15) is 0 Å². The van der Waals surface area contributed by atoms with Crippen molar-refractivity contribution in [2.75, 3.05) is 13.1 Å². The number of likely N-dealkylation sites (tertiary alicyclic amines) is 1. The molecule has 4 heteroatoms. The minimum absolute atomic E-state index is 0.512. The van der Waals surface area contributed by atoms with Crippen molar-refractivity contribution in [1.82, 2.24) is 19.8 Å². The van der Waals surface area contributed by atoms with E-state index in [4.69, 9.17) is 9.97 Å². The zero-order chi connectivity index (χ0) is 32.2. The molecule has 46 heavy (non-hydrogen) atoms. The van der Waals surface area contributed by atoms with E-state index in [2.05, 4.69) is 130 Å². The lowest BCUT2D eigenvalue weighted by molar-refractivity contribution is 0.0933. The largest absolute Gasteiger partial charge is 0.299 e. The van der Waals surface area contributed by atoms with E-state index in [-0.39, 0.29) is 0 Å². The molecule has 0 bridgehead atoms. The summed E-state index contributed by atoms with van der Waals surface area (Å²) in [6, 6.07) is 29.5. The van der Waals surface area contributed by atoms with Crippen LogP contribution in [0.15, 0.2) is 91.3 Å². The zero-order valence-corrected chi connectivity index (χ0v) is 28.5. The van der Waals surface area contributed by atoms with Crippen LogP contribution in [0, 0.1) is 41.5 Å². The molecule has 1 saturated heterocycles. The summed E-state index contributed by atoms with van der Waals surface area (Å²) in [6.45, 7) is 18.2. The van der Waals surface area contributed by atoms with Gasteiger partial charge in [-0.3, -0.25) is 19.8 Å². The molecule has 1 aliphatic heterocycles. The van der Waals surface area contributed by atoms with E-state index < -0.39 is 0 Å². The van der Waals surface area contributed by atoms with Crippen LogP contribution in [0.2, 0.25) is 0 Å². The molecule has 236 valence electrons. The first-order valence-electron chi connectivity index (χ1n) is 16.8. The average molecular weight is 609 g/mol. The first-order chi connectivity index (χ1) is 22.2. The van der Waals surface area contributed by atoms with Crippen LogP contribution in [0.3, 0.4) is 0 Å². The van der Waals surface area contributed by atoms with Gasteiger partial charge >= 0.3 is 0 Å². The maximum absolute atomic E-state index is 4.93. The predicted octanol–water partition coefficient (Wildman–Crippen LogP) is 9.33. The molecule has 1 aliphatic rings. The lowest BCUT2D eigenvalue weighted by Gasteiger charge is -2.39. The Kier molecular flexibility index (Phi) is 9.77. The summed E-state index contributed by atoms with van der Waals surface area (Å²) in [7, 11) is 0. The molecule has 4 nitrogen and oxygen atoms in total. The number of hydrogen-bond acceptors (Lipinski definition) is 4. The maximum atomic E-state index is 4.93. The molecule has 0 saturated carbocycles. The number of nitrogens with zero attached hydrogens (tertiary/aromatic N) is 4. The van der Waals surface area contributed by atoms with Crippen molar-refractivity contribution in [3.05, 3.63) is 141 Å².